The van der Waals surface area contributed by atoms with E-state index in [4.69, 9.17) is 4.52 Å². The second-order valence-electron chi connectivity index (χ2n) is 10.9. The molecule has 0 bridgehead atoms. The number of carbonyl (C=O) groups excluding carboxylic acids is 2. The van der Waals surface area contributed by atoms with Gasteiger partial charge in [0, 0.05) is 38.8 Å². The first-order chi connectivity index (χ1) is 18.8. The van der Waals surface area contributed by atoms with E-state index in [2.05, 4.69) is 37.8 Å². The smallest absolute Gasteiger partial charge is 0.243 e. The average molecular weight is 551 g/mol. The number of carbonyl (C=O) groups is 2. The molecule has 2 aliphatic heterocycles. The summed E-state index contributed by atoms with van der Waals surface area (Å²) in [5.74, 6) is 0.679. The summed E-state index contributed by atoms with van der Waals surface area (Å²) >= 11 is 1.62. The van der Waals surface area contributed by atoms with Crippen molar-refractivity contribution in [2.24, 2.45) is 5.92 Å². The number of aromatic nitrogens is 2. The predicted molar refractivity (Wildman–Crippen MR) is 153 cm³/mol. The van der Waals surface area contributed by atoms with Crippen LogP contribution in [0.25, 0.3) is 10.4 Å². The SMILES string of the molecule is Cc1ncsc1-c1ccc([C@H](C)NC(=O)[C@@H]2CCCN2C(=O)[C@@H](c2cc(N3CCNCC3)no2)C(C)C)cc1. The summed E-state index contributed by atoms with van der Waals surface area (Å²) in [5.41, 5.74) is 5.02. The highest BCUT2D eigenvalue weighted by atomic mass is 32.1. The van der Waals surface area contributed by atoms with Crippen molar-refractivity contribution in [3.05, 3.63) is 52.9 Å². The van der Waals surface area contributed by atoms with Gasteiger partial charge in [0.05, 0.1) is 22.1 Å². The van der Waals surface area contributed by atoms with Crippen molar-refractivity contribution in [1.82, 2.24) is 25.7 Å². The second kappa shape index (κ2) is 11.9. The van der Waals surface area contributed by atoms with E-state index in [1.807, 2.05) is 51.4 Å². The summed E-state index contributed by atoms with van der Waals surface area (Å²) in [7, 11) is 0. The molecule has 0 radical (unpaired) electrons. The topological polar surface area (TPSA) is 104 Å². The first kappa shape index (κ1) is 27.3. The molecule has 0 spiro atoms. The van der Waals surface area contributed by atoms with Crippen LogP contribution >= 0.6 is 11.3 Å². The van der Waals surface area contributed by atoms with Gasteiger partial charge in [-0.25, -0.2) is 4.98 Å². The number of amides is 2. The summed E-state index contributed by atoms with van der Waals surface area (Å²) in [6, 6.07) is 9.47. The Balaban J connectivity index is 1.26. The lowest BCUT2D eigenvalue weighted by Crippen LogP contribution is -2.48. The number of nitrogens with zero attached hydrogens (tertiary/aromatic N) is 4. The summed E-state index contributed by atoms with van der Waals surface area (Å²) in [6.45, 7) is 12.1. The third kappa shape index (κ3) is 5.86. The Bertz CT molecular complexity index is 1280. The van der Waals surface area contributed by atoms with Crippen LogP contribution in [0.3, 0.4) is 0 Å². The number of rotatable bonds is 8. The van der Waals surface area contributed by atoms with E-state index < -0.39 is 12.0 Å². The maximum atomic E-state index is 13.9. The fraction of sp³-hybridized carbons (Fsp3) is 0.517. The van der Waals surface area contributed by atoms with Crippen LogP contribution in [-0.2, 0) is 9.59 Å². The molecule has 3 aromatic rings. The van der Waals surface area contributed by atoms with Crippen molar-refractivity contribution < 1.29 is 14.1 Å². The van der Waals surface area contributed by atoms with Gasteiger partial charge in [-0.15, -0.1) is 11.3 Å². The van der Waals surface area contributed by atoms with E-state index in [9.17, 15) is 9.59 Å². The fourth-order valence-electron chi connectivity index (χ4n) is 5.58. The first-order valence-corrected chi connectivity index (χ1v) is 14.7. The largest absolute Gasteiger partial charge is 0.358 e. The van der Waals surface area contributed by atoms with Crippen LogP contribution in [0.5, 0.6) is 0 Å². The maximum Gasteiger partial charge on any atom is 0.243 e. The van der Waals surface area contributed by atoms with E-state index in [1.165, 1.54) is 0 Å². The number of aryl methyl sites for hydroxylation is 1. The van der Waals surface area contributed by atoms with E-state index in [0.29, 0.717) is 18.7 Å². The lowest BCUT2D eigenvalue weighted by molar-refractivity contribution is -0.141. The minimum atomic E-state index is -0.490. The van der Waals surface area contributed by atoms with Gasteiger partial charge in [-0.1, -0.05) is 43.3 Å². The van der Waals surface area contributed by atoms with Crippen LogP contribution in [0.15, 0.2) is 40.4 Å². The molecule has 2 aromatic heterocycles. The van der Waals surface area contributed by atoms with Crippen LogP contribution in [0.4, 0.5) is 5.82 Å². The molecule has 9 nitrogen and oxygen atoms in total. The van der Waals surface area contributed by atoms with Gasteiger partial charge in [0.1, 0.15) is 12.0 Å². The van der Waals surface area contributed by atoms with E-state index in [1.54, 1.807) is 16.2 Å². The van der Waals surface area contributed by atoms with E-state index in [-0.39, 0.29) is 23.8 Å². The second-order valence-corrected chi connectivity index (χ2v) is 11.7. The summed E-state index contributed by atoms with van der Waals surface area (Å²) in [4.78, 5) is 36.7. The van der Waals surface area contributed by atoms with Gasteiger partial charge in [0.25, 0.3) is 0 Å². The van der Waals surface area contributed by atoms with Crippen LogP contribution < -0.4 is 15.5 Å². The minimum absolute atomic E-state index is 0.00486. The molecule has 2 amide bonds. The molecule has 39 heavy (non-hydrogen) atoms. The quantitative estimate of drug-likeness (QED) is 0.435. The van der Waals surface area contributed by atoms with Gasteiger partial charge in [0.15, 0.2) is 11.6 Å². The molecule has 0 aliphatic carbocycles. The molecule has 2 fully saturated rings. The predicted octanol–water partition coefficient (Wildman–Crippen LogP) is 4.12. The molecule has 3 atom stereocenters. The molecule has 2 aliphatic rings. The van der Waals surface area contributed by atoms with Crippen LogP contribution in [0.1, 0.15) is 62.6 Å². The lowest BCUT2D eigenvalue weighted by Gasteiger charge is -2.29. The van der Waals surface area contributed by atoms with Crippen molar-refractivity contribution in [3.8, 4) is 10.4 Å². The first-order valence-electron chi connectivity index (χ1n) is 13.9. The van der Waals surface area contributed by atoms with Crippen LogP contribution in [-0.4, -0.2) is 65.6 Å². The highest BCUT2D eigenvalue weighted by Gasteiger charge is 2.40. The van der Waals surface area contributed by atoms with E-state index >= 15 is 0 Å². The molecule has 10 heteroatoms. The van der Waals surface area contributed by atoms with Crippen molar-refractivity contribution in [1.29, 1.82) is 0 Å². The van der Waals surface area contributed by atoms with Gasteiger partial charge < -0.3 is 25.0 Å². The molecule has 2 saturated heterocycles. The van der Waals surface area contributed by atoms with Gasteiger partial charge in [0.2, 0.25) is 11.8 Å². The zero-order chi connectivity index (χ0) is 27.5. The van der Waals surface area contributed by atoms with Gasteiger partial charge in [-0.3, -0.25) is 9.59 Å². The molecule has 5 rings (SSSR count). The van der Waals surface area contributed by atoms with E-state index in [0.717, 1.165) is 60.1 Å². The summed E-state index contributed by atoms with van der Waals surface area (Å²) in [5, 5.41) is 10.8. The standard InChI is InChI=1S/C29H38N6O3S/c1-18(2)26(24-16-25(33-38-24)34-14-11-30-12-15-34)29(37)35-13-5-6-23(35)28(36)32-19(3)21-7-9-22(10-8-21)27-20(4)31-17-39-27/h7-10,16-19,23,26,30H,5-6,11-15H2,1-4H3,(H,32,36)/t19-,23-,26+/m0/s1. The van der Waals surface area contributed by atoms with Crippen LogP contribution in [0.2, 0.25) is 0 Å². The minimum Gasteiger partial charge on any atom is -0.358 e. The average Bonchev–Trinajstić information content (AvgIpc) is 3.70. The number of nitrogens with one attached hydrogen (secondary N) is 2. The molecular formula is C29H38N6O3S. The zero-order valence-corrected chi connectivity index (χ0v) is 24.0. The van der Waals surface area contributed by atoms with Crippen molar-refractivity contribution in [3.63, 3.8) is 0 Å². The zero-order valence-electron chi connectivity index (χ0n) is 23.1. The highest BCUT2D eigenvalue weighted by molar-refractivity contribution is 7.13. The number of anilines is 1. The van der Waals surface area contributed by atoms with Crippen molar-refractivity contribution in [2.45, 2.75) is 58.5 Å². The van der Waals surface area contributed by atoms with Gasteiger partial charge in [-0.05, 0) is 43.7 Å². The third-order valence-electron chi connectivity index (χ3n) is 7.81. The van der Waals surface area contributed by atoms with Crippen molar-refractivity contribution in [2.75, 3.05) is 37.6 Å². The molecule has 0 unspecified atom stereocenters. The Hall–Kier alpha value is -3.24. The summed E-state index contributed by atoms with van der Waals surface area (Å²) in [6.07, 6.45) is 1.45. The molecule has 2 N–H and O–H groups in total. The highest BCUT2D eigenvalue weighted by Crippen LogP contribution is 2.33. The Kier molecular flexibility index (Phi) is 8.32. The van der Waals surface area contributed by atoms with Gasteiger partial charge in [-0.2, -0.15) is 0 Å². The Morgan fingerprint density at radius 3 is 2.54 bits per heavy atom. The van der Waals surface area contributed by atoms with Crippen LogP contribution in [0, 0.1) is 12.8 Å². The number of hydrogen-bond acceptors (Lipinski definition) is 8. The maximum absolute atomic E-state index is 13.9. The fourth-order valence-corrected chi connectivity index (χ4v) is 6.39. The lowest BCUT2D eigenvalue weighted by atomic mass is 9.91. The number of benzene rings is 1. The third-order valence-corrected chi connectivity index (χ3v) is 8.79. The molecular weight excluding hydrogens is 512 g/mol. The molecule has 0 saturated carbocycles. The number of piperazine rings is 1. The Morgan fingerprint density at radius 1 is 1.13 bits per heavy atom. The van der Waals surface area contributed by atoms with Gasteiger partial charge >= 0.3 is 0 Å². The number of likely N-dealkylation sites (tertiary alicyclic amines) is 1. The summed E-state index contributed by atoms with van der Waals surface area (Å²) < 4.78 is 5.72. The monoisotopic (exact) mass is 550 g/mol. The Labute approximate surface area is 234 Å². The molecule has 208 valence electrons. The molecule has 1 aromatic carbocycles. The molecule has 4 heterocycles. The Morgan fingerprint density at radius 2 is 1.87 bits per heavy atom. The van der Waals surface area contributed by atoms with Crippen molar-refractivity contribution >= 4 is 29.0 Å². The normalized spacial score (nSPS) is 19.4. The number of hydrogen-bond donors (Lipinski definition) is 2. The number of thiazole rings is 1.